The van der Waals surface area contributed by atoms with Gasteiger partial charge in [-0.15, -0.1) is 0 Å². The fourth-order valence-corrected chi connectivity index (χ4v) is 2.26. The predicted molar refractivity (Wildman–Crippen MR) is 79.3 cm³/mol. The molecule has 0 aliphatic rings. The van der Waals surface area contributed by atoms with Gasteiger partial charge in [0.15, 0.2) is 0 Å². The molecule has 0 unspecified atom stereocenters. The Balaban J connectivity index is 1.92. The lowest BCUT2D eigenvalue weighted by Gasteiger charge is -2.08. The van der Waals surface area contributed by atoms with E-state index in [-0.39, 0.29) is 11.1 Å². The van der Waals surface area contributed by atoms with E-state index in [1.807, 2.05) is 6.92 Å². The molecule has 2 N–H and O–H groups in total. The maximum atomic E-state index is 12.3. The molecule has 0 bridgehead atoms. The smallest absolute Gasteiger partial charge is 0.276 e. The highest BCUT2D eigenvalue weighted by atomic mass is 16.1. The summed E-state index contributed by atoms with van der Waals surface area (Å²) in [5.41, 5.74) is 7.22. The summed E-state index contributed by atoms with van der Waals surface area (Å²) < 4.78 is 4.61. The van der Waals surface area contributed by atoms with Gasteiger partial charge < -0.3 is 14.9 Å². The molecular formula is C14H15N5O2. The van der Waals surface area contributed by atoms with Gasteiger partial charge in [0.05, 0.1) is 5.69 Å². The van der Waals surface area contributed by atoms with Crippen molar-refractivity contribution in [1.29, 1.82) is 0 Å². The summed E-state index contributed by atoms with van der Waals surface area (Å²) in [7, 11) is 0. The highest BCUT2D eigenvalue weighted by Crippen LogP contribution is 2.01. The quantitative estimate of drug-likeness (QED) is 0.747. The molecule has 0 saturated carbocycles. The van der Waals surface area contributed by atoms with E-state index in [2.05, 4.69) is 5.10 Å². The number of anilines is 1. The van der Waals surface area contributed by atoms with Crippen LogP contribution in [0.5, 0.6) is 0 Å². The van der Waals surface area contributed by atoms with Crippen LogP contribution in [-0.2, 0) is 13.1 Å². The van der Waals surface area contributed by atoms with Crippen LogP contribution in [0.4, 0.5) is 5.69 Å². The van der Waals surface area contributed by atoms with Crippen molar-refractivity contribution in [3.63, 3.8) is 0 Å². The maximum absolute atomic E-state index is 12.3. The summed E-state index contributed by atoms with van der Waals surface area (Å²) in [6.45, 7) is 2.61. The first kappa shape index (κ1) is 13.2. The van der Waals surface area contributed by atoms with Gasteiger partial charge in [0.25, 0.3) is 11.1 Å². The molecule has 7 nitrogen and oxygen atoms in total. The molecule has 7 heteroatoms. The summed E-state index contributed by atoms with van der Waals surface area (Å²) in [5.74, 6) is 0. The minimum absolute atomic E-state index is 0.130. The average molecular weight is 285 g/mol. The van der Waals surface area contributed by atoms with Crippen molar-refractivity contribution >= 4 is 11.2 Å². The number of pyridine rings is 1. The maximum Gasteiger partial charge on any atom is 0.276 e. The molecule has 3 rings (SSSR count). The van der Waals surface area contributed by atoms with Crippen LogP contribution in [0.25, 0.3) is 5.52 Å². The van der Waals surface area contributed by atoms with Crippen LogP contribution >= 0.6 is 0 Å². The number of nitrogen functional groups attached to an aromatic ring is 1. The highest BCUT2D eigenvalue weighted by molar-refractivity contribution is 5.44. The second-order valence-corrected chi connectivity index (χ2v) is 4.91. The number of nitrogens with zero attached hydrogens (tertiary/aromatic N) is 4. The molecule has 3 aromatic rings. The third kappa shape index (κ3) is 2.45. The summed E-state index contributed by atoms with van der Waals surface area (Å²) in [6.07, 6.45) is 4.97. The van der Waals surface area contributed by atoms with Crippen molar-refractivity contribution in [2.24, 2.45) is 0 Å². The van der Waals surface area contributed by atoms with E-state index >= 15 is 0 Å². The lowest BCUT2D eigenvalue weighted by atomic mass is 10.4. The molecule has 0 atom stereocenters. The molecule has 0 aliphatic heterocycles. The molecule has 3 heterocycles. The fraction of sp³-hybridized carbons (Fsp3) is 0.214. The molecule has 0 spiro atoms. The highest BCUT2D eigenvalue weighted by Gasteiger charge is 2.05. The van der Waals surface area contributed by atoms with Crippen molar-refractivity contribution in [3.8, 4) is 0 Å². The molecule has 0 fully saturated rings. The van der Waals surface area contributed by atoms with Gasteiger partial charge >= 0.3 is 0 Å². The Labute approximate surface area is 119 Å². The monoisotopic (exact) mass is 285 g/mol. The number of hydrogen-bond donors (Lipinski definition) is 1. The van der Waals surface area contributed by atoms with Crippen LogP contribution in [0.2, 0.25) is 0 Å². The number of aryl methyl sites for hydroxylation is 3. The lowest BCUT2D eigenvalue weighted by molar-refractivity contribution is 0.552. The van der Waals surface area contributed by atoms with Crippen LogP contribution in [0, 0.1) is 6.92 Å². The third-order valence-electron chi connectivity index (χ3n) is 3.31. The number of nitrogens with two attached hydrogens (primary N) is 1. The Morgan fingerprint density at radius 3 is 2.71 bits per heavy atom. The second-order valence-electron chi connectivity index (χ2n) is 4.91. The molecule has 0 amide bonds. The van der Waals surface area contributed by atoms with Crippen LogP contribution in [0.3, 0.4) is 0 Å². The fourth-order valence-electron chi connectivity index (χ4n) is 2.26. The Morgan fingerprint density at radius 2 is 1.90 bits per heavy atom. The van der Waals surface area contributed by atoms with E-state index in [9.17, 15) is 9.59 Å². The van der Waals surface area contributed by atoms with Crippen molar-refractivity contribution in [1.82, 2.24) is 18.7 Å². The number of rotatable bonds is 3. The molecule has 0 aromatic carbocycles. The lowest BCUT2D eigenvalue weighted by Crippen LogP contribution is -2.27. The summed E-state index contributed by atoms with van der Waals surface area (Å²) in [5, 5.41) is 4.19. The average Bonchev–Trinajstić information content (AvgIpc) is 2.83. The topological polar surface area (TPSA) is 87.3 Å². The van der Waals surface area contributed by atoms with Crippen LogP contribution < -0.4 is 16.9 Å². The molecule has 21 heavy (non-hydrogen) atoms. The zero-order chi connectivity index (χ0) is 15.0. The molecule has 0 aliphatic carbocycles. The van der Waals surface area contributed by atoms with Crippen LogP contribution in [0.1, 0.15) is 5.69 Å². The predicted octanol–water partition coefficient (Wildman–Crippen LogP) is 0.249. The number of fused-ring (bicyclic) bond motifs is 1. The van der Waals surface area contributed by atoms with E-state index in [1.165, 1.54) is 10.6 Å². The van der Waals surface area contributed by atoms with Crippen molar-refractivity contribution in [3.05, 3.63) is 63.2 Å². The van der Waals surface area contributed by atoms with Gasteiger partial charge in [0.1, 0.15) is 5.52 Å². The first-order valence-corrected chi connectivity index (χ1v) is 6.56. The minimum Gasteiger partial charge on any atom is -0.398 e. The number of hydrogen-bond acceptors (Lipinski definition) is 4. The Bertz CT molecular complexity index is 919. The standard InChI is InChI=1S/C14H15N5O2/c1-10-8-12-14(21)17(6-7-19(12)16-10)4-5-18-9-11(15)2-3-13(18)20/h2-3,6-9H,4-5,15H2,1H3. The van der Waals surface area contributed by atoms with Crippen molar-refractivity contribution in [2.75, 3.05) is 5.73 Å². The molecule has 0 radical (unpaired) electrons. The molecule has 3 aromatic heterocycles. The van der Waals surface area contributed by atoms with Gasteiger partial charge in [-0.25, -0.2) is 4.52 Å². The van der Waals surface area contributed by atoms with Gasteiger partial charge in [-0.1, -0.05) is 0 Å². The van der Waals surface area contributed by atoms with E-state index < -0.39 is 0 Å². The van der Waals surface area contributed by atoms with Gasteiger partial charge in [-0.3, -0.25) is 9.59 Å². The summed E-state index contributed by atoms with van der Waals surface area (Å²) in [4.78, 5) is 24.0. The Kier molecular flexibility index (Phi) is 3.09. The Hall–Kier alpha value is -2.83. The summed E-state index contributed by atoms with van der Waals surface area (Å²) >= 11 is 0. The molecule has 0 saturated heterocycles. The SMILES string of the molecule is Cc1cc2c(=O)n(CCn3cc(N)ccc3=O)ccn2n1. The Morgan fingerprint density at radius 1 is 1.14 bits per heavy atom. The first-order valence-electron chi connectivity index (χ1n) is 6.56. The third-order valence-corrected chi connectivity index (χ3v) is 3.31. The first-order chi connectivity index (χ1) is 10.0. The van der Waals surface area contributed by atoms with E-state index in [0.717, 1.165) is 5.69 Å². The van der Waals surface area contributed by atoms with Gasteiger partial charge in [-0.2, -0.15) is 5.10 Å². The zero-order valence-corrected chi connectivity index (χ0v) is 11.6. The van der Waals surface area contributed by atoms with Gasteiger partial charge in [-0.05, 0) is 19.1 Å². The van der Waals surface area contributed by atoms with Crippen molar-refractivity contribution < 1.29 is 0 Å². The van der Waals surface area contributed by atoms with Gasteiger partial charge in [0, 0.05) is 43.4 Å². The van der Waals surface area contributed by atoms with Crippen molar-refractivity contribution in [2.45, 2.75) is 20.0 Å². The van der Waals surface area contributed by atoms with Crippen LogP contribution in [0.15, 0.2) is 46.4 Å². The van der Waals surface area contributed by atoms with Gasteiger partial charge in [0.2, 0.25) is 0 Å². The molecule has 108 valence electrons. The normalized spacial score (nSPS) is 11.1. The number of aromatic nitrogens is 4. The largest absolute Gasteiger partial charge is 0.398 e. The second kappa shape index (κ2) is 4.93. The van der Waals surface area contributed by atoms with E-state index in [4.69, 9.17) is 5.73 Å². The molecular weight excluding hydrogens is 270 g/mol. The van der Waals surface area contributed by atoms with Crippen LogP contribution in [-0.4, -0.2) is 18.7 Å². The van der Waals surface area contributed by atoms with E-state index in [0.29, 0.717) is 24.3 Å². The van der Waals surface area contributed by atoms with E-state index in [1.54, 1.807) is 39.8 Å². The summed E-state index contributed by atoms with van der Waals surface area (Å²) in [6, 6.07) is 4.72. The minimum atomic E-state index is -0.140. The zero-order valence-electron chi connectivity index (χ0n) is 11.6.